The van der Waals surface area contributed by atoms with Crippen molar-refractivity contribution < 1.29 is 9.59 Å². The smallest absolute Gasteiger partial charge is 0.230 e. The van der Waals surface area contributed by atoms with Gasteiger partial charge >= 0.3 is 0 Å². The molecule has 4 nitrogen and oxygen atoms in total. The third kappa shape index (κ3) is 33.8. The number of rotatable bonds is 33. The van der Waals surface area contributed by atoms with Crippen LogP contribution in [-0.4, -0.2) is 11.8 Å². The lowest BCUT2D eigenvalue weighted by atomic mass is 10.0. The molecule has 6 heteroatoms. The van der Waals surface area contributed by atoms with Gasteiger partial charge in [-0.1, -0.05) is 181 Å². The normalized spacial score (nSPS) is 11.2. The van der Waals surface area contributed by atoms with Gasteiger partial charge in [-0.3, -0.25) is 19.0 Å². The first-order valence-electron chi connectivity index (χ1n) is 17.6. The fraction of sp³-hybridized carbons (Fsp3) is 0.941. The van der Waals surface area contributed by atoms with Crippen LogP contribution in [0.5, 0.6) is 0 Å². The third-order valence-corrected chi connectivity index (χ3v) is 9.32. The molecule has 0 radical (unpaired) electrons. The van der Waals surface area contributed by atoms with Crippen LogP contribution in [0.1, 0.15) is 206 Å². The zero-order valence-electron chi connectivity index (χ0n) is 26.8. The van der Waals surface area contributed by atoms with Gasteiger partial charge in [-0.15, -0.1) is 0 Å². The van der Waals surface area contributed by atoms with E-state index in [1.807, 2.05) is 0 Å². The van der Waals surface area contributed by atoms with Crippen molar-refractivity contribution in [3.8, 4) is 0 Å². The molecule has 0 bridgehead atoms. The van der Waals surface area contributed by atoms with Crippen LogP contribution >= 0.6 is 22.0 Å². The SMILES string of the molecule is CCCCCCCCCCCCCCCCC(=O)NSSNC(=O)CCCCCCCCCCCCCCCC. The molecule has 0 unspecified atom stereocenters. The Morgan fingerprint density at radius 1 is 0.350 bits per heavy atom. The Hall–Kier alpha value is -0.360. The number of carbonyl (C=O) groups excluding carboxylic acids is 2. The maximum absolute atomic E-state index is 12.0. The van der Waals surface area contributed by atoms with Gasteiger partial charge < -0.3 is 0 Å². The molecule has 2 N–H and O–H groups in total. The topological polar surface area (TPSA) is 58.2 Å². The predicted octanol–water partition coefficient (Wildman–Crippen LogP) is 12.2. The molecule has 0 fully saturated rings. The van der Waals surface area contributed by atoms with Crippen molar-refractivity contribution in [3.63, 3.8) is 0 Å². The van der Waals surface area contributed by atoms with Crippen LogP contribution in [0.4, 0.5) is 0 Å². The van der Waals surface area contributed by atoms with E-state index in [1.165, 1.54) is 176 Å². The van der Waals surface area contributed by atoms with Crippen LogP contribution in [0, 0.1) is 0 Å². The Bertz CT molecular complexity index is 488. The van der Waals surface area contributed by atoms with Crippen LogP contribution in [0.2, 0.25) is 0 Å². The molecule has 0 heterocycles. The number of carbonyl (C=O) groups is 2. The van der Waals surface area contributed by atoms with E-state index in [9.17, 15) is 9.59 Å². The van der Waals surface area contributed by atoms with E-state index in [0.717, 1.165) is 25.7 Å². The van der Waals surface area contributed by atoms with E-state index in [-0.39, 0.29) is 11.8 Å². The summed E-state index contributed by atoms with van der Waals surface area (Å²) >= 11 is 0. The van der Waals surface area contributed by atoms with Crippen LogP contribution in [-0.2, 0) is 9.59 Å². The predicted molar refractivity (Wildman–Crippen MR) is 181 cm³/mol. The summed E-state index contributed by atoms with van der Waals surface area (Å²) in [7, 11) is 2.45. The van der Waals surface area contributed by atoms with Crippen molar-refractivity contribution in [3.05, 3.63) is 0 Å². The Labute approximate surface area is 258 Å². The highest BCUT2D eigenvalue weighted by molar-refractivity contribution is 8.75. The molecule has 0 atom stereocenters. The molecule has 2 amide bonds. The van der Waals surface area contributed by atoms with Crippen LogP contribution in [0.15, 0.2) is 0 Å². The Kier molecular flexibility index (Phi) is 34.5. The molecule has 0 saturated carbocycles. The molecule has 238 valence electrons. The highest BCUT2D eigenvalue weighted by atomic mass is 33.1. The fourth-order valence-electron chi connectivity index (χ4n) is 5.20. The standard InChI is InChI=1S/C34H68N2O2S2/c1-3-5-7-9-11-13-15-17-19-21-23-25-27-29-31-33(37)35-39-40-36-34(38)32-30-28-26-24-22-20-18-16-14-12-10-8-6-4-2/h3-32H2,1-2H3,(H,35,37)(H,36,38). The minimum absolute atomic E-state index is 0.0673. The van der Waals surface area contributed by atoms with E-state index >= 15 is 0 Å². The summed E-state index contributed by atoms with van der Waals surface area (Å²) in [6.07, 6.45) is 38.3. The molecule has 0 aliphatic carbocycles. The minimum Gasteiger partial charge on any atom is -0.290 e. The lowest BCUT2D eigenvalue weighted by Gasteiger charge is -2.06. The van der Waals surface area contributed by atoms with Crippen molar-refractivity contribution in [2.45, 2.75) is 206 Å². The molecule has 0 saturated heterocycles. The fourth-order valence-corrected chi connectivity index (χ4v) is 6.48. The Morgan fingerprint density at radius 3 is 0.775 bits per heavy atom. The van der Waals surface area contributed by atoms with E-state index < -0.39 is 0 Å². The minimum atomic E-state index is 0.0673. The average Bonchev–Trinajstić information content (AvgIpc) is 2.95. The van der Waals surface area contributed by atoms with Gasteiger partial charge in [0.25, 0.3) is 0 Å². The second-order valence-electron chi connectivity index (χ2n) is 11.9. The van der Waals surface area contributed by atoms with Gasteiger partial charge in [0, 0.05) is 34.8 Å². The maximum atomic E-state index is 12.0. The van der Waals surface area contributed by atoms with Crippen LogP contribution in [0.25, 0.3) is 0 Å². The summed E-state index contributed by atoms with van der Waals surface area (Å²) in [6.45, 7) is 4.55. The number of amides is 2. The van der Waals surface area contributed by atoms with E-state index in [0.29, 0.717) is 12.8 Å². The second-order valence-corrected chi connectivity index (χ2v) is 13.7. The zero-order valence-corrected chi connectivity index (χ0v) is 28.5. The van der Waals surface area contributed by atoms with Gasteiger partial charge in [-0.05, 0) is 12.8 Å². The molecule has 0 aliphatic rings. The lowest BCUT2D eigenvalue weighted by molar-refractivity contribution is -0.120. The highest BCUT2D eigenvalue weighted by Crippen LogP contribution is 2.17. The Balaban J connectivity index is 3.26. The van der Waals surface area contributed by atoms with Crippen molar-refractivity contribution in [2.75, 3.05) is 0 Å². The van der Waals surface area contributed by atoms with Crippen molar-refractivity contribution in [2.24, 2.45) is 0 Å². The number of unbranched alkanes of at least 4 members (excludes halogenated alkanes) is 26. The number of hydrogen-bond acceptors (Lipinski definition) is 4. The average molecular weight is 601 g/mol. The highest BCUT2D eigenvalue weighted by Gasteiger charge is 2.05. The second kappa shape index (κ2) is 34.8. The van der Waals surface area contributed by atoms with Gasteiger partial charge in [-0.2, -0.15) is 0 Å². The summed E-state index contributed by atoms with van der Waals surface area (Å²) in [5.41, 5.74) is 0. The summed E-state index contributed by atoms with van der Waals surface area (Å²) < 4.78 is 5.66. The molecule has 0 aromatic carbocycles. The molecular formula is C34H68N2O2S2. The van der Waals surface area contributed by atoms with E-state index in [1.54, 1.807) is 0 Å². The first kappa shape index (κ1) is 39.6. The molecular weight excluding hydrogens is 533 g/mol. The van der Waals surface area contributed by atoms with Gasteiger partial charge in [0.15, 0.2) is 0 Å². The lowest BCUT2D eigenvalue weighted by Crippen LogP contribution is -2.18. The van der Waals surface area contributed by atoms with Crippen LogP contribution < -0.4 is 9.44 Å². The molecule has 0 spiro atoms. The molecule has 0 aromatic rings. The largest absolute Gasteiger partial charge is 0.290 e. The summed E-state index contributed by atoms with van der Waals surface area (Å²) in [4.78, 5) is 23.9. The summed E-state index contributed by atoms with van der Waals surface area (Å²) in [5, 5.41) is 0. The molecule has 0 rings (SSSR count). The van der Waals surface area contributed by atoms with Gasteiger partial charge in [0.1, 0.15) is 0 Å². The first-order chi connectivity index (χ1) is 19.7. The molecule has 40 heavy (non-hydrogen) atoms. The molecule has 0 aliphatic heterocycles. The monoisotopic (exact) mass is 600 g/mol. The van der Waals surface area contributed by atoms with Gasteiger partial charge in [0.2, 0.25) is 11.8 Å². The molecule has 0 aromatic heterocycles. The zero-order chi connectivity index (χ0) is 29.2. The number of hydrogen-bond donors (Lipinski definition) is 2. The van der Waals surface area contributed by atoms with E-state index in [4.69, 9.17) is 0 Å². The van der Waals surface area contributed by atoms with Crippen molar-refractivity contribution >= 4 is 33.8 Å². The van der Waals surface area contributed by atoms with E-state index in [2.05, 4.69) is 23.3 Å². The van der Waals surface area contributed by atoms with Gasteiger partial charge in [0.05, 0.1) is 0 Å². The van der Waals surface area contributed by atoms with Crippen molar-refractivity contribution in [1.29, 1.82) is 0 Å². The Morgan fingerprint density at radius 2 is 0.550 bits per heavy atom. The third-order valence-electron chi connectivity index (χ3n) is 7.87. The van der Waals surface area contributed by atoms with Crippen molar-refractivity contribution in [1.82, 2.24) is 9.44 Å². The summed E-state index contributed by atoms with van der Waals surface area (Å²) in [5.74, 6) is 0.135. The quantitative estimate of drug-likeness (QED) is 0.0447. The van der Waals surface area contributed by atoms with Crippen LogP contribution in [0.3, 0.4) is 0 Å². The number of nitrogens with one attached hydrogen (secondary N) is 2. The first-order valence-corrected chi connectivity index (χ1v) is 19.8. The summed E-state index contributed by atoms with van der Waals surface area (Å²) in [6, 6.07) is 0. The maximum Gasteiger partial charge on any atom is 0.230 e. The van der Waals surface area contributed by atoms with Gasteiger partial charge in [-0.25, -0.2) is 0 Å².